The quantitative estimate of drug-likeness (QED) is 0.897. The van der Waals surface area contributed by atoms with E-state index >= 15 is 0 Å². The Morgan fingerprint density at radius 2 is 1.95 bits per heavy atom. The van der Waals surface area contributed by atoms with Crippen molar-refractivity contribution < 1.29 is 9.50 Å². The van der Waals surface area contributed by atoms with Crippen molar-refractivity contribution in [3.05, 3.63) is 65.0 Å². The van der Waals surface area contributed by atoms with Crippen molar-refractivity contribution in [1.29, 1.82) is 5.26 Å². The highest BCUT2D eigenvalue weighted by Crippen LogP contribution is 2.18. The number of aliphatic hydroxyl groups is 1. The lowest BCUT2D eigenvalue weighted by molar-refractivity contribution is 0.191. The Morgan fingerprint density at radius 3 is 2.55 bits per heavy atom. The van der Waals surface area contributed by atoms with E-state index in [0.717, 1.165) is 5.69 Å². The van der Waals surface area contributed by atoms with Gasteiger partial charge in [-0.2, -0.15) is 5.26 Å². The van der Waals surface area contributed by atoms with Gasteiger partial charge in [-0.05, 0) is 48.4 Å². The van der Waals surface area contributed by atoms with Gasteiger partial charge in [0.1, 0.15) is 5.82 Å². The first-order valence-corrected chi connectivity index (χ1v) is 6.28. The third kappa shape index (κ3) is 3.34. The Hall–Kier alpha value is -2.38. The maximum Gasteiger partial charge on any atom is 0.126 e. The van der Waals surface area contributed by atoms with Crippen LogP contribution in [0.2, 0.25) is 0 Å². The lowest BCUT2D eigenvalue weighted by Crippen LogP contribution is -2.12. The molecule has 0 saturated heterocycles. The van der Waals surface area contributed by atoms with Gasteiger partial charge in [-0.15, -0.1) is 0 Å². The van der Waals surface area contributed by atoms with E-state index in [2.05, 4.69) is 5.32 Å². The van der Waals surface area contributed by atoms with Gasteiger partial charge in [-0.1, -0.05) is 12.1 Å². The lowest BCUT2D eigenvalue weighted by Gasteiger charge is -2.14. The van der Waals surface area contributed by atoms with Crippen molar-refractivity contribution in [2.45, 2.75) is 13.0 Å². The minimum atomic E-state index is -0.718. The van der Waals surface area contributed by atoms with Crippen LogP contribution < -0.4 is 5.32 Å². The molecule has 2 N–H and O–H groups in total. The number of hydrogen-bond acceptors (Lipinski definition) is 3. The van der Waals surface area contributed by atoms with Crippen LogP contribution in [0.3, 0.4) is 0 Å². The van der Waals surface area contributed by atoms with E-state index in [0.29, 0.717) is 23.2 Å². The summed E-state index contributed by atoms with van der Waals surface area (Å²) >= 11 is 0. The van der Waals surface area contributed by atoms with Gasteiger partial charge in [-0.3, -0.25) is 0 Å². The zero-order valence-corrected chi connectivity index (χ0v) is 11.1. The standard InChI is InChI=1S/C16H15FN2O/c1-11-8-13(4-7-15(11)17)16(20)10-19-14-5-2-12(9-18)3-6-14/h2-8,16,19-20H,10H2,1H3. The Balaban J connectivity index is 1.99. The van der Waals surface area contributed by atoms with Crippen molar-refractivity contribution in [1.82, 2.24) is 0 Å². The number of halogens is 1. The fourth-order valence-electron chi connectivity index (χ4n) is 1.87. The second kappa shape index (κ2) is 6.18. The fraction of sp³-hybridized carbons (Fsp3) is 0.188. The van der Waals surface area contributed by atoms with Crippen LogP contribution in [0.4, 0.5) is 10.1 Å². The summed E-state index contributed by atoms with van der Waals surface area (Å²) in [5, 5.41) is 21.8. The van der Waals surface area contributed by atoms with Gasteiger partial charge >= 0.3 is 0 Å². The summed E-state index contributed by atoms with van der Waals surface area (Å²) in [6.07, 6.45) is -0.718. The topological polar surface area (TPSA) is 56.0 Å². The monoisotopic (exact) mass is 270 g/mol. The number of hydrogen-bond donors (Lipinski definition) is 2. The van der Waals surface area contributed by atoms with Crippen LogP contribution in [-0.2, 0) is 0 Å². The molecule has 0 aliphatic rings. The molecule has 2 aromatic rings. The number of rotatable bonds is 4. The molecule has 0 bridgehead atoms. The molecule has 0 aromatic heterocycles. The number of benzene rings is 2. The Morgan fingerprint density at radius 1 is 1.25 bits per heavy atom. The largest absolute Gasteiger partial charge is 0.387 e. The third-order valence-electron chi connectivity index (χ3n) is 3.08. The number of aryl methyl sites for hydroxylation is 1. The fourth-order valence-corrected chi connectivity index (χ4v) is 1.87. The highest BCUT2D eigenvalue weighted by molar-refractivity contribution is 5.47. The van der Waals surface area contributed by atoms with Crippen molar-refractivity contribution >= 4 is 5.69 Å². The van der Waals surface area contributed by atoms with E-state index in [1.54, 1.807) is 43.3 Å². The molecule has 1 atom stereocenters. The Bertz CT molecular complexity index is 632. The highest BCUT2D eigenvalue weighted by atomic mass is 19.1. The molecular weight excluding hydrogens is 255 g/mol. The number of nitriles is 1. The molecule has 0 aliphatic carbocycles. The second-order valence-corrected chi connectivity index (χ2v) is 4.59. The average molecular weight is 270 g/mol. The first-order valence-electron chi connectivity index (χ1n) is 6.28. The molecule has 4 heteroatoms. The minimum Gasteiger partial charge on any atom is -0.387 e. The summed E-state index contributed by atoms with van der Waals surface area (Å²) in [5.41, 5.74) is 2.59. The predicted molar refractivity (Wildman–Crippen MR) is 75.7 cm³/mol. The SMILES string of the molecule is Cc1cc(C(O)CNc2ccc(C#N)cc2)ccc1F. The predicted octanol–water partition coefficient (Wildman–Crippen LogP) is 3.15. The molecule has 0 radical (unpaired) electrons. The maximum absolute atomic E-state index is 13.2. The normalized spacial score (nSPS) is 11.7. The van der Waals surface area contributed by atoms with Gasteiger partial charge < -0.3 is 10.4 Å². The van der Waals surface area contributed by atoms with Gasteiger partial charge in [0.15, 0.2) is 0 Å². The van der Waals surface area contributed by atoms with Crippen molar-refractivity contribution in [3.8, 4) is 6.07 Å². The maximum atomic E-state index is 13.2. The smallest absolute Gasteiger partial charge is 0.126 e. The molecule has 2 rings (SSSR count). The molecule has 0 spiro atoms. The molecule has 2 aromatic carbocycles. The number of aliphatic hydroxyl groups excluding tert-OH is 1. The Labute approximate surface area is 117 Å². The van der Waals surface area contributed by atoms with Crippen LogP contribution in [-0.4, -0.2) is 11.7 Å². The number of nitrogens with zero attached hydrogens (tertiary/aromatic N) is 1. The summed E-state index contributed by atoms with van der Waals surface area (Å²) in [5.74, 6) is -0.277. The van der Waals surface area contributed by atoms with Gasteiger partial charge in [0.25, 0.3) is 0 Å². The van der Waals surface area contributed by atoms with Crippen LogP contribution in [0.25, 0.3) is 0 Å². The summed E-state index contributed by atoms with van der Waals surface area (Å²) in [4.78, 5) is 0. The summed E-state index contributed by atoms with van der Waals surface area (Å²) in [7, 11) is 0. The highest BCUT2D eigenvalue weighted by Gasteiger charge is 2.09. The summed E-state index contributed by atoms with van der Waals surface area (Å²) in [6.45, 7) is 1.98. The van der Waals surface area contributed by atoms with Crippen LogP contribution in [0.15, 0.2) is 42.5 Å². The van der Waals surface area contributed by atoms with Gasteiger partial charge in [0, 0.05) is 12.2 Å². The van der Waals surface area contributed by atoms with Crippen molar-refractivity contribution in [2.75, 3.05) is 11.9 Å². The first kappa shape index (κ1) is 14.0. The van der Waals surface area contributed by atoms with E-state index in [1.807, 2.05) is 6.07 Å². The molecule has 102 valence electrons. The molecule has 0 fully saturated rings. The molecular formula is C16H15FN2O. The van der Waals surface area contributed by atoms with E-state index in [1.165, 1.54) is 6.07 Å². The molecule has 1 unspecified atom stereocenters. The molecule has 0 saturated carbocycles. The zero-order valence-electron chi connectivity index (χ0n) is 11.1. The van der Waals surface area contributed by atoms with Gasteiger partial charge in [0.05, 0.1) is 17.7 Å². The Kier molecular flexibility index (Phi) is 4.34. The summed E-state index contributed by atoms with van der Waals surface area (Å²) in [6, 6.07) is 13.6. The number of nitrogens with one attached hydrogen (secondary N) is 1. The average Bonchev–Trinajstić information content (AvgIpc) is 2.48. The van der Waals surface area contributed by atoms with Crippen LogP contribution in [0.1, 0.15) is 22.8 Å². The molecule has 3 nitrogen and oxygen atoms in total. The van der Waals surface area contributed by atoms with Crippen molar-refractivity contribution in [2.24, 2.45) is 0 Å². The van der Waals surface area contributed by atoms with Crippen LogP contribution in [0, 0.1) is 24.1 Å². The van der Waals surface area contributed by atoms with Crippen LogP contribution >= 0.6 is 0 Å². The lowest BCUT2D eigenvalue weighted by atomic mass is 10.1. The molecule has 0 heterocycles. The first-order chi connectivity index (χ1) is 9.60. The van der Waals surface area contributed by atoms with Crippen molar-refractivity contribution in [3.63, 3.8) is 0 Å². The summed E-state index contributed by atoms with van der Waals surface area (Å²) < 4.78 is 13.2. The van der Waals surface area contributed by atoms with E-state index in [4.69, 9.17) is 5.26 Å². The minimum absolute atomic E-state index is 0.277. The van der Waals surface area contributed by atoms with E-state index < -0.39 is 6.10 Å². The van der Waals surface area contributed by atoms with Crippen LogP contribution in [0.5, 0.6) is 0 Å². The number of anilines is 1. The molecule has 0 aliphatic heterocycles. The molecule has 0 amide bonds. The van der Waals surface area contributed by atoms with E-state index in [9.17, 15) is 9.50 Å². The van der Waals surface area contributed by atoms with Gasteiger partial charge in [-0.25, -0.2) is 4.39 Å². The third-order valence-corrected chi connectivity index (χ3v) is 3.08. The van der Waals surface area contributed by atoms with Gasteiger partial charge in [0.2, 0.25) is 0 Å². The molecule has 20 heavy (non-hydrogen) atoms. The second-order valence-electron chi connectivity index (χ2n) is 4.59. The zero-order chi connectivity index (χ0) is 14.5. The van der Waals surface area contributed by atoms with E-state index in [-0.39, 0.29) is 5.82 Å².